The molecule has 0 saturated heterocycles. The van der Waals surface area contributed by atoms with Crippen LogP contribution >= 0.6 is 23.1 Å². The zero-order chi connectivity index (χ0) is 13.8. The molecular weight excluding hydrogens is 288 g/mol. The van der Waals surface area contributed by atoms with E-state index >= 15 is 0 Å². The number of nitriles is 1. The highest BCUT2D eigenvalue weighted by molar-refractivity contribution is 7.99. The van der Waals surface area contributed by atoms with Crippen LogP contribution in [0, 0.1) is 11.3 Å². The number of thioether (sulfide) groups is 1. The molecule has 0 saturated carbocycles. The second-order valence-corrected chi connectivity index (χ2v) is 5.79. The third-order valence-electron chi connectivity index (χ3n) is 2.66. The van der Waals surface area contributed by atoms with Gasteiger partial charge < -0.3 is 0 Å². The number of hydrogen-bond donors (Lipinski definition) is 0. The molecule has 3 rings (SSSR count). The average Bonchev–Trinajstić information content (AvgIpc) is 3.15. The van der Waals surface area contributed by atoms with Crippen LogP contribution in [0.2, 0.25) is 0 Å². The van der Waals surface area contributed by atoms with Gasteiger partial charge in [-0.05, 0) is 23.6 Å². The summed E-state index contributed by atoms with van der Waals surface area (Å²) < 4.78 is 1.99. The summed E-state index contributed by atoms with van der Waals surface area (Å²) in [6.07, 6.45) is 0. The minimum Gasteiger partial charge on any atom is -0.269 e. The van der Waals surface area contributed by atoms with Gasteiger partial charge in [-0.15, -0.1) is 21.5 Å². The van der Waals surface area contributed by atoms with Crippen molar-refractivity contribution in [3.8, 4) is 22.5 Å². The lowest BCUT2D eigenvalue weighted by molar-refractivity contribution is 0.888. The van der Waals surface area contributed by atoms with Crippen LogP contribution in [0.3, 0.4) is 0 Å². The summed E-state index contributed by atoms with van der Waals surface area (Å²) >= 11 is 3.02. The molecule has 20 heavy (non-hydrogen) atoms. The Balaban J connectivity index is 2.12. The first kappa shape index (κ1) is 12.9. The van der Waals surface area contributed by atoms with Crippen LogP contribution in [0.1, 0.15) is 0 Å². The molecular formula is C14H10N4S2. The van der Waals surface area contributed by atoms with E-state index in [2.05, 4.69) is 16.3 Å². The summed E-state index contributed by atoms with van der Waals surface area (Å²) in [5.41, 5.74) is 1.00. The number of aromatic nitrogens is 3. The Morgan fingerprint density at radius 1 is 1.15 bits per heavy atom. The topological polar surface area (TPSA) is 54.5 Å². The first-order valence-corrected chi connectivity index (χ1v) is 7.81. The summed E-state index contributed by atoms with van der Waals surface area (Å²) in [5, 5.41) is 20.0. The Bertz CT molecular complexity index is 726. The number of para-hydroxylation sites is 1. The van der Waals surface area contributed by atoms with Crippen LogP contribution in [0.15, 0.2) is 53.0 Å². The Morgan fingerprint density at radius 2 is 2.00 bits per heavy atom. The van der Waals surface area contributed by atoms with Gasteiger partial charge in [0.2, 0.25) is 0 Å². The van der Waals surface area contributed by atoms with Crippen LogP contribution in [0.5, 0.6) is 0 Å². The van der Waals surface area contributed by atoms with E-state index in [0.717, 1.165) is 21.5 Å². The molecule has 2 aromatic heterocycles. The molecule has 0 amide bonds. The summed E-state index contributed by atoms with van der Waals surface area (Å²) in [6.45, 7) is 0. The Hall–Kier alpha value is -2.10. The smallest absolute Gasteiger partial charge is 0.197 e. The molecule has 0 unspecified atom stereocenters. The van der Waals surface area contributed by atoms with E-state index < -0.39 is 0 Å². The van der Waals surface area contributed by atoms with E-state index in [1.807, 2.05) is 52.4 Å². The number of hydrogen-bond acceptors (Lipinski definition) is 5. The van der Waals surface area contributed by atoms with Gasteiger partial charge in [-0.25, -0.2) is 0 Å². The van der Waals surface area contributed by atoms with Crippen LogP contribution in [0.25, 0.3) is 16.4 Å². The van der Waals surface area contributed by atoms with Crippen molar-refractivity contribution in [3.05, 3.63) is 47.8 Å². The fraction of sp³-hybridized carbons (Fsp3) is 0.0714. The second-order valence-electron chi connectivity index (χ2n) is 3.90. The van der Waals surface area contributed by atoms with E-state index in [9.17, 15) is 0 Å². The number of nitrogens with zero attached hydrogens (tertiary/aromatic N) is 4. The zero-order valence-electron chi connectivity index (χ0n) is 10.4. The second kappa shape index (κ2) is 5.90. The van der Waals surface area contributed by atoms with Crippen molar-refractivity contribution in [1.82, 2.24) is 14.8 Å². The molecule has 0 fully saturated rings. The van der Waals surface area contributed by atoms with Gasteiger partial charge in [-0.1, -0.05) is 36.0 Å². The third-order valence-corrected chi connectivity index (χ3v) is 4.32. The van der Waals surface area contributed by atoms with Gasteiger partial charge in [-0.3, -0.25) is 4.57 Å². The lowest BCUT2D eigenvalue weighted by Gasteiger charge is -2.08. The average molecular weight is 298 g/mol. The normalized spacial score (nSPS) is 10.3. The van der Waals surface area contributed by atoms with Gasteiger partial charge in [-0.2, -0.15) is 5.26 Å². The van der Waals surface area contributed by atoms with Crippen LogP contribution in [-0.2, 0) is 0 Å². The predicted molar refractivity (Wildman–Crippen MR) is 81.0 cm³/mol. The van der Waals surface area contributed by atoms with Crippen molar-refractivity contribution in [2.45, 2.75) is 5.16 Å². The molecule has 0 spiro atoms. The number of benzene rings is 1. The summed E-state index contributed by atoms with van der Waals surface area (Å²) in [7, 11) is 0. The van der Waals surface area contributed by atoms with Crippen molar-refractivity contribution in [3.63, 3.8) is 0 Å². The van der Waals surface area contributed by atoms with Crippen molar-refractivity contribution in [2.75, 3.05) is 5.75 Å². The monoisotopic (exact) mass is 298 g/mol. The van der Waals surface area contributed by atoms with Gasteiger partial charge in [0.1, 0.15) is 0 Å². The summed E-state index contributed by atoms with van der Waals surface area (Å²) in [6, 6.07) is 16.1. The van der Waals surface area contributed by atoms with Crippen LogP contribution < -0.4 is 0 Å². The molecule has 6 heteroatoms. The summed E-state index contributed by atoms with van der Waals surface area (Å²) in [5.74, 6) is 1.17. The maximum atomic E-state index is 8.75. The quantitative estimate of drug-likeness (QED) is 0.690. The highest BCUT2D eigenvalue weighted by Crippen LogP contribution is 2.30. The van der Waals surface area contributed by atoms with Crippen LogP contribution in [0.4, 0.5) is 0 Å². The summed E-state index contributed by atoms with van der Waals surface area (Å²) in [4.78, 5) is 1.06. The van der Waals surface area contributed by atoms with Crippen molar-refractivity contribution >= 4 is 23.1 Å². The molecule has 2 heterocycles. The Morgan fingerprint density at radius 3 is 2.70 bits per heavy atom. The fourth-order valence-electron chi connectivity index (χ4n) is 1.84. The number of thiophene rings is 1. The predicted octanol–water partition coefficient (Wildman–Crippen LogP) is 3.61. The number of rotatable bonds is 4. The highest BCUT2D eigenvalue weighted by Gasteiger charge is 2.16. The van der Waals surface area contributed by atoms with Gasteiger partial charge >= 0.3 is 0 Å². The molecule has 0 bridgehead atoms. The van der Waals surface area contributed by atoms with E-state index in [1.54, 1.807) is 11.3 Å². The van der Waals surface area contributed by atoms with Gasteiger partial charge in [0.05, 0.1) is 16.7 Å². The zero-order valence-corrected chi connectivity index (χ0v) is 12.1. The Kier molecular flexibility index (Phi) is 3.81. The molecule has 4 nitrogen and oxygen atoms in total. The maximum Gasteiger partial charge on any atom is 0.197 e. The highest BCUT2D eigenvalue weighted by atomic mass is 32.2. The molecule has 0 aliphatic rings. The van der Waals surface area contributed by atoms with Gasteiger partial charge in [0, 0.05) is 5.69 Å². The molecule has 1 aromatic carbocycles. The molecule has 0 radical (unpaired) electrons. The first-order valence-electron chi connectivity index (χ1n) is 5.94. The SMILES string of the molecule is N#CCSc1nnc(-c2cccs2)n1-c1ccccc1. The fourth-order valence-corrected chi connectivity index (χ4v) is 3.15. The molecule has 98 valence electrons. The van der Waals surface area contributed by atoms with Gasteiger partial charge in [0.15, 0.2) is 11.0 Å². The largest absolute Gasteiger partial charge is 0.269 e. The van der Waals surface area contributed by atoms with Crippen molar-refractivity contribution in [1.29, 1.82) is 5.26 Å². The Labute approximate surface area is 124 Å². The minimum atomic E-state index is 0.357. The lowest BCUT2D eigenvalue weighted by atomic mass is 10.3. The lowest BCUT2D eigenvalue weighted by Crippen LogP contribution is -1.98. The molecule has 0 atom stereocenters. The minimum absolute atomic E-state index is 0.357. The standard InChI is InChI=1S/C14H10N4S2/c15-8-10-20-14-17-16-13(12-7-4-9-19-12)18(14)11-5-2-1-3-6-11/h1-7,9H,10H2. The van der Waals surface area contributed by atoms with E-state index in [0.29, 0.717) is 5.75 Å². The molecule has 0 N–H and O–H groups in total. The van der Waals surface area contributed by atoms with E-state index in [1.165, 1.54) is 11.8 Å². The molecule has 0 aliphatic carbocycles. The molecule has 0 aliphatic heterocycles. The maximum absolute atomic E-state index is 8.75. The van der Waals surface area contributed by atoms with Crippen LogP contribution in [-0.4, -0.2) is 20.5 Å². The first-order chi connectivity index (χ1) is 9.90. The van der Waals surface area contributed by atoms with E-state index in [4.69, 9.17) is 5.26 Å². The van der Waals surface area contributed by atoms with Crippen molar-refractivity contribution < 1.29 is 0 Å². The third kappa shape index (κ3) is 2.46. The molecule has 3 aromatic rings. The van der Waals surface area contributed by atoms with Gasteiger partial charge in [0.25, 0.3) is 0 Å². The van der Waals surface area contributed by atoms with Crippen molar-refractivity contribution in [2.24, 2.45) is 0 Å². The van der Waals surface area contributed by atoms with E-state index in [-0.39, 0.29) is 0 Å².